The number of aryl methyl sites for hydroxylation is 2. The van der Waals surface area contributed by atoms with Crippen molar-refractivity contribution in [3.63, 3.8) is 0 Å². The lowest BCUT2D eigenvalue weighted by molar-refractivity contribution is 0.0819. The van der Waals surface area contributed by atoms with Gasteiger partial charge in [-0.05, 0) is 49.6 Å². The fourth-order valence-corrected chi connectivity index (χ4v) is 3.07. The Hall–Kier alpha value is -1.99. The molecule has 0 aliphatic carbocycles. The van der Waals surface area contributed by atoms with Gasteiger partial charge in [-0.15, -0.1) is 0 Å². The summed E-state index contributed by atoms with van der Waals surface area (Å²) in [5, 5.41) is 0. The number of rotatable bonds is 9. The minimum Gasteiger partial charge on any atom is -0.488 e. The fourth-order valence-electron chi connectivity index (χ4n) is 2.13. The van der Waals surface area contributed by atoms with Crippen LogP contribution >= 0.6 is 0 Å². The standard InChI is InChI=1S/C18H20F2O4S/c1-14-4-10-17(11-5-14)25(21,22)24-12-2-3-15-6-8-16(9-7-15)23-13-18(19)20/h4-11,18H,2-3,12-13H2,1H3. The van der Waals surface area contributed by atoms with Gasteiger partial charge in [0.25, 0.3) is 16.5 Å². The van der Waals surface area contributed by atoms with Crippen molar-refractivity contribution >= 4 is 10.1 Å². The lowest BCUT2D eigenvalue weighted by atomic mass is 10.1. The Bertz CT molecular complexity index is 757. The summed E-state index contributed by atoms with van der Waals surface area (Å²) in [5.74, 6) is 0.377. The van der Waals surface area contributed by atoms with Crippen LogP contribution in [0.2, 0.25) is 0 Å². The third kappa shape index (κ3) is 6.43. The Labute approximate surface area is 146 Å². The Balaban J connectivity index is 1.78. The number of benzene rings is 2. The van der Waals surface area contributed by atoms with Gasteiger partial charge in [-0.1, -0.05) is 29.8 Å². The van der Waals surface area contributed by atoms with Crippen LogP contribution in [0.5, 0.6) is 5.75 Å². The molecular weight excluding hydrogens is 350 g/mol. The average Bonchev–Trinajstić information content (AvgIpc) is 2.58. The van der Waals surface area contributed by atoms with E-state index >= 15 is 0 Å². The molecule has 0 amide bonds. The maximum atomic E-state index is 12.1. The molecule has 0 unspecified atom stereocenters. The van der Waals surface area contributed by atoms with Crippen molar-refractivity contribution < 1.29 is 26.1 Å². The molecule has 2 rings (SSSR count). The van der Waals surface area contributed by atoms with Crippen LogP contribution in [0, 0.1) is 6.92 Å². The summed E-state index contributed by atoms with van der Waals surface area (Å²) in [6.45, 7) is 1.31. The van der Waals surface area contributed by atoms with Crippen LogP contribution in [0.4, 0.5) is 8.78 Å². The third-order valence-electron chi connectivity index (χ3n) is 3.46. The van der Waals surface area contributed by atoms with E-state index in [0.717, 1.165) is 11.1 Å². The van der Waals surface area contributed by atoms with Gasteiger partial charge in [-0.2, -0.15) is 8.42 Å². The topological polar surface area (TPSA) is 52.6 Å². The first-order valence-corrected chi connectivity index (χ1v) is 9.23. The number of hydrogen-bond acceptors (Lipinski definition) is 4. The van der Waals surface area contributed by atoms with E-state index in [4.69, 9.17) is 8.92 Å². The molecular formula is C18H20F2O4S. The molecule has 2 aromatic rings. The van der Waals surface area contributed by atoms with E-state index < -0.39 is 23.2 Å². The number of hydrogen-bond donors (Lipinski definition) is 0. The van der Waals surface area contributed by atoms with Crippen molar-refractivity contribution in [3.8, 4) is 5.75 Å². The molecule has 0 saturated heterocycles. The lowest BCUT2D eigenvalue weighted by Crippen LogP contribution is -2.08. The van der Waals surface area contributed by atoms with Gasteiger partial charge >= 0.3 is 0 Å². The summed E-state index contributed by atoms with van der Waals surface area (Å²) in [4.78, 5) is 0.138. The van der Waals surface area contributed by atoms with Gasteiger partial charge in [-0.3, -0.25) is 4.18 Å². The monoisotopic (exact) mass is 370 g/mol. The second-order valence-electron chi connectivity index (χ2n) is 5.54. The summed E-state index contributed by atoms with van der Waals surface area (Å²) in [7, 11) is -3.74. The Morgan fingerprint density at radius 3 is 2.24 bits per heavy atom. The maximum Gasteiger partial charge on any atom is 0.296 e. The predicted molar refractivity (Wildman–Crippen MR) is 90.6 cm³/mol. The molecule has 0 bridgehead atoms. The van der Waals surface area contributed by atoms with Crippen molar-refractivity contribution in [2.75, 3.05) is 13.2 Å². The van der Waals surface area contributed by atoms with Crippen molar-refractivity contribution in [1.82, 2.24) is 0 Å². The zero-order valence-corrected chi connectivity index (χ0v) is 14.6. The smallest absolute Gasteiger partial charge is 0.296 e. The quantitative estimate of drug-likeness (QED) is 0.495. The number of halogens is 2. The molecule has 0 aliphatic rings. The molecule has 0 aliphatic heterocycles. The van der Waals surface area contributed by atoms with Crippen molar-refractivity contribution in [2.24, 2.45) is 0 Å². The van der Waals surface area contributed by atoms with Crippen LogP contribution < -0.4 is 4.74 Å². The molecule has 0 radical (unpaired) electrons. The molecule has 7 heteroatoms. The Morgan fingerprint density at radius 2 is 1.64 bits per heavy atom. The van der Waals surface area contributed by atoms with Gasteiger partial charge in [0.15, 0.2) is 0 Å². The average molecular weight is 370 g/mol. The van der Waals surface area contributed by atoms with Gasteiger partial charge in [-0.25, -0.2) is 8.78 Å². The summed E-state index contributed by atoms with van der Waals surface area (Å²) in [6.07, 6.45) is -1.38. The van der Waals surface area contributed by atoms with Crippen LogP contribution in [-0.4, -0.2) is 28.1 Å². The van der Waals surface area contributed by atoms with E-state index in [2.05, 4.69) is 0 Å². The molecule has 0 saturated carbocycles. The summed E-state index contributed by atoms with van der Waals surface area (Å²) < 4.78 is 58.1. The van der Waals surface area contributed by atoms with E-state index in [1.807, 2.05) is 6.92 Å². The molecule has 0 spiro atoms. The molecule has 2 aromatic carbocycles. The van der Waals surface area contributed by atoms with Gasteiger partial charge in [0, 0.05) is 0 Å². The largest absolute Gasteiger partial charge is 0.488 e. The van der Waals surface area contributed by atoms with Crippen molar-refractivity contribution in [2.45, 2.75) is 31.1 Å². The van der Waals surface area contributed by atoms with Crippen LogP contribution in [0.25, 0.3) is 0 Å². The minimum absolute atomic E-state index is 0.0693. The first-order valence-electron chi connectivity index (χ1n) is 7.83. The fraction of sp³-hybridized carbons (Fsp3) is 0.333. The minimum atomic E-state index is -3.74. The molecule has 0 atom stereocenters. The second kappa shape index (κ2) is 8.92. The zero-order chi connectivity index (χ0) is 18.3. The molecule has 25 heavy (non-hydrogen) atoms. The Kier molecular flexibility index (Phi) is 6.90. The number of alkyl halides is 2. The van der Waals surface area contributed by atoms with Gasteiger partial charge in [0.1, 0.15) is 12.4 Å². The van der Waals surface area contributed by atoms with Gasteiger partial charge in [0.2, 0.25) is 0 Å². The third-order valence-corrected chi connectivity index (χ3v) is 4.78. The summed E-state index contributed by atoms with van der Waals surface area (Å²) in [6, 6.07) is 13.2. The first kappa shape index (κ1) is 19.3. The molecule has 0 N–H and O–H groups in total. The highest BCUT2D eigenvalue weighted by Gasteiger charge is 2.14. The van der Waals surface area contributed by atoms with Crippen LogP contribution in [0.3, 0.4) is 0 Å². The van der Waals surface area contributed by atoms with E-state index in [1.165, 1.54) is 12.1 Å². The van der Waals surface area contributed by atoms with Crippen LogP contribution in [0.15, 0.2) is 53.4 Å². The van der Waals surface area contributed by atoms with Crippen LogP contribution in [0.1, 0.15) is 17.5 Å². The molecule has 136 valence electrons. The normalized spacial score (nSPS) is 11.7. The Morgan fingerprint density at radius 1 is 1.00 bits per heavy atom. The van der Waals surface area contributed by atoms with E-state index in [1.54, 1.807) is 36.4 Å². The number of ether oxygens (including phenoxy) is 1. The van der Waals surface area contributed by atoms with Gasteiger partial charge in [0.05, 0.1) is 11.5 Å². The summed E-state index contributed by atoms with van der Waals surface area (Å²) >= 11 is 0. The van der Waals surface area contributed by atoms with E-state index in [9.17, 15) is 17.2 Å². The maximum absolute atomic E-state index is 12.1. The van der Waals surface area contributed by atoms with Crippen LogP contribution in [-0.2, 0) is 20.7 Å². The lowest BCUT2D eigenvalue weighted by Gasteiger charge is -2.08. The highest BCUT2D eigenvalue weighted by molar-refractivity contribution is 7.86. The molecule has 0 fully saturated rings. The molecule has 0 heterocycles. The van der Waals surface area contributed by atoms with E-state index in [-0.39, 0.29) is 11.5 Å². The summed E-state index contributed by atoms with van der Waals surface area (Å²) in [5.41, 5.74) is 1.92. The first-order chi connectivity index (χ1) is 11.9. The second-order valence-corrected chi connectivity index (χ2v) is 7.15. The highest BCUT2D eigenvalue weighted by Crippen LogP contribution is 2.16. The SMILES string of the molecule is Cc1ccc(S(=O)(=O)OCCCc2ccc(OCC(F)F)cc2)cc1. The zero-order valence-electron chi connectivity index (χ0n) is 13.8. The molecule has 0 aromatic heterocycles. The predicted octanol–water partition coefficient (Wildman–Crippen LogP) is 3.98. The van der Waals surface area contributed by atoms with Crippen molar-refractivity contribution in [3.05, 3.63) is 59.7 Å². The van der Waals surface area contributed by atoms with E-state index in [0.29, 0.717) is 18.6 Å². The van der Waals surface area contributed by atoms with Crippen molar-refractivity contribution in [1.29, 1.82) is 0 Å². The van der Waals surface area contributed by atoms with Gasteiger partial charge < -0.3 is 4.74 Å². The highest BCUT2D eigenvalue weighted by atomic mass is 32.2. The molecule has 4 nitrogen and oxygen atoms in total.